The van der Waals surface area contributed by atoms with Gasteiger partial charge in [-0.25, -0.2) is 0 Å². The van der Waals surface area contributed by atoms with E-state index in [9.17, 15) is 19.7 Å². The van der Waals surface area contributed by atoms with Crippen LogP contribution >= 0.6 is 0 Å². The van der Waals surface area contributed by atoms with Crippen LogP contribution < -0.4 is 4.90 Å². The number of nitrogens with zero attached hydrogens (tertiary/aromatic N) is 2. The van der Waals surface area contributed by atoms with E-state index in [-0.39, 0.29) is 24.0 Å². The maximum atomic E-state index is 11.7. The van der Waals surface area contributed by atoms with Crippen LogP contribution in [0, 0.1) is 16.0 Å². The topological polar surface area (TPSA) is 89.8 Å². The van der Waals surface area contributed by atoms with Gasteiger partial charge in [0.2, 0.25) is 0 Å². The number of para-hydroxylation sites is 1. The Balaban J connectivity index is 1.67. The summed E-state index contributed by atoms with van der Waals surface area (Å²) in [6, 6.07) is 15.9. The fourth-order valence-corrected chi connectivity index (χ4v) is 3.35. The number of non-ortho nitro benzene ring substituents is 1. The van der Waals surface area contributed by atoms with Crippen molar-refractivity contribution in [2.45, 2.75) is 18.6 Å². The number of benzene rings is 2. The minimum Gasteiger partial charge on any atom is -0.348 e. The van der Waals surface area contributed by atoms with E-state index in [0.717, 1.165) is 17.5 Å². The van der Waals surface area contributed by atoms with Crippen LogP contribution in [0.2, 0.25) is 0 Å². The predicted octanol–water partition coefficient (Wildman–Crippen LogP) is 3.89. The largest absolute Gasteiger partial charge is 0.348 e. The van der Waals surface area contributed by atoms with Crippen molar-refractivity contribution >= 4 is 23.4 Å². The van der Waals surface area contributed by atoms with Gasteiger partial charge in [-0.15, -0.1) is 0 Å². The molecular formula is C24H24N2O5. The van der Waals surface area contributed by atoms with Crippen LogP contribution in [-0.2, 0) is 20.7 Å². The summed E-state index contributed by atoms with van der Waals surface area (Å²) in [4.78, 5) is 35.6. The minimum absolute atomic E-state index is 0.0373. The molecule has 0 heterocycles. The first kappa shape index (κ1) is 22.1. The maximum absolute atomic E-state index is 11.7. The summed E-state index contributed by atoms with van der Waals surface area (Å²) in [6.07, 6.45) is 8.32. The molecule has 1 aliphatic carbocycles. The third-order valence-corrected chi connectivity index (χ3v) is 5.31. The molecule has 0 aromatic heterocycles. The van der Waals surface area contributed by atoms with E-state index in [2.05, 4.69) is 0 Å². The predicted molar refractivity (Wildman–Crippen MR) is 118 cm³/mol. The Kier molecular flexibility index (Phi) is 7.10. The Morgan fingerprint density at radius 1 is 1.10 bits per heavy atom. The highest BCUT2D eigenvalue weighted by Crippen LogP contribution is 2.29. The molecule has 0 radical (unpaired) electrons. The van der Waals surface area contributed by atoms with Crippen molar-refractivity contribution in [3.8, 4) is 0 Å². The van der Waals surface area contributed by atoms with Crippen LogP contribution in [-0.4, -0.2) is 36.4 Å². The number of nitro groups is 1. The molecule has 3 rings (SSSR count). The molecule has 160 valence electrons. The molecule has 2 aromatic carbocycles. The number of allylic oxidation sites excluding steroid dienone is 2. The number of hydrogen-bond acceptors (Lipinski definition) is 6. The number of likely N-dealkylation sites (N-methyl/N-ethyl adjacent to an activating group) is 1. The zero-order valence-electron chi connectivity index (χ0n) is 17.2. The minimum atomic E-state index is -0.982. The number of anilines is 1. The third kappa shape index (κ3) is 5.52. The fourth-order valence-electron chi connectivity index (χ4n) is 3.35. The van der Waals surface area contributed by atoms with Crippen molar-refractivity contribution in [3.63, 3.8) is 0 Å². The number of carbonyl (C=O) groups excluding carboxylic acids is 2. The molecule has 2 aromatic rings. The monoisotopic (exact) mass is 420 g/mol. The molecule has 0 spiro atoms. The standard InChI is InChI=1S/C24H24N2O5/c1-25(21-5-3-2-4-6-21)24(15-13-23(28)14-16-24)31-18-20(17-27)8-7-19-9-11-22(12-10-19)26(29)30/h2-6,9-17,20H,7-8,18H2,1H3. The molecule has 0 bridgehead atoms. The van der Waals surface area contributed by atoms with Crippen molar-refractivity contribution < 1.29 is 19.2 Å². The highest BCUT2D eigenvalue weighted by atomic mass is 16.6. The lowest BCUT2D eigenvalue weighted by molar-refractivity contribution is -0.384. The van der Waals surface area contributed by atoms with E-state index in [1.165, 1.54) is 24.3 Å². The number of aryl methyl sites for hydroxylation is 1. The molecule has 1 atom stereocenters. The zero-order chi connectivity index (χ0) is 22.3. The smallest absolute Gasteiger partial charge is 0.269 e. The fraction of sp³-hybridized carbons (Fsp3) is 0.250. The van der Waals surface area contributed by atoms with Crippen LogP contribution in [0.1, 0.15) is 12.0 Å². The van der Waals surface area contributed by atoms with Crippen LogP contribution in [0.25, 0.3) is 0 Å². The van der Waals surface area contributed by atoms with Crippen LogP contribution in [0.4, 0.5) is 11.4 Å². The first-order valence-corrected chi connectivity index (χ1v) is 9.97. The second-order valence-electron chi connectivity index (χ2n) is 7.38. The lowest BCUT2D eigenvalue weighted by Gasteiger charge is -2.40. The summed E-state index contributed by atoms with van der Waals surface area (Å²) in [6.45, 7) is 0.163. The second kappa shape index (κ2) is 9.95. The van der Waals surface area contributed by atoms with E-state index in [0.29, 0.717) is 12.8 Å². The summed E-state index contributed by atoms with van der Waals surface area (Å²) in [5.74, 6) is -0.485. The van der Waals surface area contributed by atoms with E-state index in [4.69, 9.17) is 4.74 Å². The van der Waals surface area contributed by atoms with Gasteiger partial charge in [-0.05, 0) is 54.8 Å². The molecule has 0 aliphatic heterocycles. The zero-order valence-corrected chi connectivity index (χ0v) is 17.2. The van der Waals surface area contributed by atoms with Gasteiger partial charge >= 0.3 is 0 Å². The molecular weight excluding hydrogens is 396 g/mol. The number of rotatable bonds is 10. The normalized spacial score (nSPS) is 15.5. The van der Waals surface area contributed by atoms with Crippen molar-refractivity contribution in [2.75, 3.05) is 18.6 Å². The summed E-state index contributed by atoms with van der Waals surface area (Å²) in [5, 5.41) is 10.8. The van der Waals surface area contributed by atoms with Crippen molar-refractivity contribution in [2.24, 2.45) is 5.92 Å². The highest BCUT2D eigenvalue weighted by Gasteiger charge is 2.33. The average Bonchev–Trinajstić information content (AvgIpc) is 2.81. The van der Waals surface area contributed by atoms with Gasteiger partial charge in [0.15, 0.2) is 11.5 Å². The number of ether oxygens (including phenoxy) is 1. The molecule has 1 aliphatic rings. The molecule has 31 heavy (non-hydrogen) atoms. The van der Waals surface area contributed by atoms with Gasteiger partial charge < -0.3 is 14.4 Å². The number of aldehydes is 1. The van der Waals surface area contributed by atoms with E-state index in [1.54, 1.807) is 24.3 Å². The Morgan fingerprint density at radius 2 is 1.74 bits per heavy atom. The third-order valence-electron chi connectivity index (χ3n) is 5.31. The second-order valence-corrected chi connectivity index (χ2v) is 7.38. The molecule has 7 heteroatoms. The summed E-state index contributed by atoms with van der Waals surface area (Å²) in [7, 11) is 1.87. The summed E-state index contributed by atoms with van der Waals surface area (Å²) in [5.41, 5.74) is 0.871. The van der Waals surface area contributed by atoms with Gasteiger partial charge in [0.25, 0.3) is 5.69 Å². The molecule has 0 fully saturated rings. The van der Waals surface area contributed by atoms with Gasteiger partial charge in [-0.2, -0.15) is 0 Å². The van der Waals surface area contributed by atoms with Crippen molar-refractivity contribution in [3.05, 3.63) is 94.6 Å². The molecule has 0 saturated carbocycles. The molecule has 0 N–H and O–H groups in total. The Morgan fingerprint density at radius 3 is 2.32 bits per heavy atom. The average molecular weight is 420 g/mol. The molecule has 0 saturated heterocycles. The number of carbonyl (C=O) groups is 2. The van der Waals surface area contributed by atoms with Crippen molar-refractivity contribution in [1.82, 2.24) is 0 Å². The van der Waals surface area contributed by atoms with Crippen LogP contribution in [0.15, 0.2) is 78.9 Å². The van der Waals surface area contributed by atoms with Gasteiger partial charge in [0.1, 0.15) is 6.29 Å². The number of nitro benzene ring substituents is 1. The van der Waals surface area contributed by atoms with Crippen LogP contribution in [0.5, 0.6) is 0 Å². The van der Waals surface area contributed by atoms with E-state index in [1.807, 2.05) is 42.3 Å². The molecule has 0 amide bonds. The van der Waals surface area contributed by atoms with Gasteiger partial charge in [-0.1, -0.05) is 30.3 Å². The summed E-state index contributed by atoms with van der Waals surface area (Å²) < 4.78 is 6.21. The lowest BCUT2D eigenvalue weighted by atomic mass is 10.00. The quantitative estimate of drug-likeness (QED) is 0.251. The van der Waals surface area contributed by atoms with Gasteiger partial charge in [0, 0.05) is 30.8 Å². The molecule has 7 nitrogen and oxygen atoms in total. The van der Waals surface area contributed by atoms with Crippen molar-refractivity contribution in [1.29, 1.82) is 0 Å². The first-order chi connectivity index (χ1) is 14.9. The Labute approximate surface area is 180 Å². The molecule has 1 unspecified atom stereocenters. The highest BCUT2D eigenvalue weighted by molar-refractivity contribution is 6.00. The van der Waals surface area contributed by atoms with Gasteiger partial charge in [-0.3, -0.25) is 14.9 Å². The van der Waals surface area contributed by atoms with Crippen LogP contribution in [0.3, 0.4) is 0 Å². The lowest BCUT2D eigenvalue weighted by Crippen LogP contribution is -2.48. The maximum Gasteiger partial charge on any atom is 0.269 e. The SMILES string of the molecule is CN(c1ccccc1)C1(OCC(C=O)CCc2ccc([N+](=O)[O-])cc2)C=CC(=O)C=C1. The first-order valence-electron chi connectivity index (χ1n) is 9.97. The summed E-state index contributed by atoms with van der Waals surface area (Å²) >= 11 is 0. The van der Waals surface area contributed by atoms with E-state index < -0.39 is 10.6 Å². The van der Waals surface area contributed by atoms with Gasteiger partial charge in [0.05, 0.1) is 11.5 Å². The number of hydrogen-bond donors (Lipinski definition) is 0. The number of ketones is 1. The Bertz CT molecular complexity index is 967. The Hall–Kier alpha value is -3.58. The van der Waals surface area contributed by atoms with E-state index >= 15 is 0 Å².